The van der Waals surface area contributed by atoms with Crippen molar-refractivity contribution in [3.05, 3.63) is 41.3 Å². The van der Waals surface area contributed by atoms with Gasteiger partial charge in [0.05, 0.1) is 0 Å². The molecule has 2 aromatic rings. The fraction of sp³-hybridized carbons (Fsp3) is 0.308. The molecule has 2 heterocycles. The fourth-order valence-electron chi connectivity index (χ4n) is 1.61. The van der Waals surface area contributed by atoms with E-state index >= 15 is 0 Å². The second kappa shape index (κ2) is 5.93. The smallest absolute Gasteiger partial charge is 0.194 e. The molecule has 0 atom stereocenters. The molecular formula is C13H16N4S. The van der Waals surface area contributed by atoms with E-state index in [4.69, 9.17) is 0 Å². The first-order valence-corrected chi connectivity index (χ1v) is 6.58. The van der Waals surface area contributed by atoms with Gasteiger partial charge in [-0.1, -0.05) is 6.07 Å². The minimum absolute atomic E-state index is 0.751. The molecule has 0 bridgehead atoms. The standard InChI is InChI=1S/C13H16N4S/c1-9-6-10(2)17-13(16-9)18-12-5-4-11(7-14-3)8-15-12/h4-6,8,14H,7H2,1-3H3. The number of nitrogens with one attached hydrogen (secondary N) is 1. The summed E-state index contributed by atoms with van der Waals surface area (Å²) in [6.45, 7) is 4.78. The van der Waals surface area contributed by atoms with Crippen molar-refractivity contribution in [3.8, 4) is 0 Å². The summed E-state index contributed by atoms with van der Waals surface area (Å²) in [7, 11) is 1.92. The van der Waals surface area contributed by atoms with E-state index in [0.717, 1.165) is 28.1 Å². The van der Waals surface area contributed by atoms with E-state index in [9.17, 15) is 0 Å². The van der Waals surface area contributed by atoms with Gasteiger partial charge in [0.1, 0.15) is 5.03 Å². The summed E-state index contributed by atoms with van der Waals surface area (Å²) in [5.41, 5.74) is 3.14. The van der Waals surface area contributed by atoms with Gasteiger partial charge in [-0.2, -0.15) is 0 Å². The highest BCUT2D eigenvalue weighted by Crippen LogP contribution is 2.22. The zero-order chi connectivity index (χ0) is 13.0. The molecule has 0 spiro atoms. The molecule has 1 N–H and O–H groups in total. The normalized spacial score (nSPS) is 10.6. The Kier molecular flexibility index (Phi) is 4.28. The minimum Gasteiger partial charge on any atom is -0.316 e. The molecule has 2 rings (SSSR count). The van der Waals surface area contributed by atoms with Gasteiger partial charge in [-0.05, 0) is 50.4 Å². The van der Waals surface area contributed by atoms with E-state index < -0.39 is 0 Å². The largest absolute Gasteiger partial charge is 0.316 e. The first-order valence-electron chi connectivity index (χ1n) is 5.77. The molecule has 0 aliphatic heterocycles. The lowest BCUT2D eigenvalue weighted by atomic mass is 10.3. The lowest BCUT2D eigenvalue weighted by Crippen LogP contribution is -2.05. The highest BCUT2D eigenvalue weighted by Gasteiger charge is 2.03. The van der Waals surface area contributed by atoms with Crippen LogP contribution in [0.4, 0.5) is 0 Å². The molecule has 94 valence electrons. The Hall–Kier alpha value is -1.46. The molecule has 0 amide bonds. The summed E-state index contributed by atoms with van der Waals surface area (Å²) in [6, 6.07) is 6.03. The number of aromatic nitrogens is 3. The predicted octanol–water partition coefficient (Wildman–Crippen LogP) is 2.36. The van der Waals surface area contributed by atoms with Crippen molar-refractivity contribution < 1.29 is 0 Å². The molecule has 0 saturated heterocycles. The third-order valence-electron chi connectivity index (χ3n) is 2.34. The molecule has 0 radical (unpaired) electrons. The van der Waals surface area contributed by atoms with Gasteiger partial charge in [-0.3, -0.25) is 0 Å². The molecule has 2 aromatic heterocycles. The quantitative estimate of drug-likeness (QED) is 0.855. The summed E-state index contributed by atoms with van der Waals surface area (Å²) < 4.78 is 0. The summed E-state index contributed by atoms with van der Waals surface area (Å²) in [5.74, 6) is 0. The third kappa shape index (κ3) is 3.51. The van der Waals surface area contributed by atoms with Crippen molar-refractivity contribution in [2.75, 3.05) is 7.05 Å². The monoisotopic (exact) mass is 260 g/mol. The van der Waals surface area contributed by atoms with Gasteiger partial charge < -0.3 is 5.32 Å². The van der Waals surface area contributed by atoms with Crippen LogP contribution in [0.15, 0.2) is 34.6 Å². The maximum Gasteiger partial charge on any atom is 0.194 e. The fourth-order valence-corrected chi connectivity index (χ4v) is 2.42. The lowest BCUT2D eigenvalue weighted by Gasteiger charge is -2.03. The van der Waals surface area contributed by atoms with E-state index in [1.54, 1.807) is 0 Å². The highest BCUT2D eigenvalue weighted by atomic mass is 32.2. The topological polar surface area (TPSA) is 50.7 Å². The summed E-state index contributed by atoms with van der Waals surface area (Å²) >= 11 is 1.49. The molecule has 5 heteroatoms. The van der Waals surface area contributed by atoms with Crippen molar-refractivity contribution >= 4 is 11.8 Å². The second-order valence-electron chi connectivity index (χ2n) is 4.07. The van der Waals surface area contributed by atoms with Gasteiger partial charge in [0, 0.05) is 24.1 Å². The zero-order valence-corrected chi connectivity index (χ0v) is 11.6. The van der Waals surface area contributed by atoms with Crippen molar-refractivity contribution in [2.45, 2.75) is 30.6 Å². The molecule has 0 aliphatic carbocycles. The van der Waals surface area contributed by atoms with Crippen molar-refractivity contribution in [1.29, 1.82) is 0 Å². The van der Waals surface area contributed by atoms with E-state index in [1.165, 1.54) is 17.3 Å². The van der Waals surface area contributed by atoms with Crippen LogP contribution < -0.4 is 5.32 Å². The van der Waals surface area contributed by atoms with Gasteiger partial charge in [0.2, 0.25) is 0 Å². The zero-order valence-electron chi connectivity index (χ0n) is 10.8. The van der Waals surface area contributed by atoms with Crippen LogP contribution in [0.5, 0.6) is 0 Å². The van der Waals surface area contributed by atoms with Crippen LogP contribution in [-0.2, 0) is 6.54 Å². The molecule has 0 unspecified atom stereocenters. The molecule has 0 saturated carbocycles. The van der Waals surface area contributed by atoms with Gasteiger partial charge in [0.25, 0.3) is 0 Å². The molecule has 18 heavy (non-hydrogen) atoms. The SMILES string of the molecule is CNCc1ccc(Sc2nc(C)cc(C)n2)nc1. The van der Waals surface area contributed by atoms with E-state index in [0.29, 0.717) is 0 Å². The summed E-state index contributed by atoms with van der Waals surface area (Å²) in [6.07, 6.45) is 1.88. The summed E-state index contributed by atoms with van der Waals surface area (Å²) in [5, 5.41) is 4.76. The van der Waals surface area contributed by atoms with Crippen molar-refractivity contribution in [1.82, 2.24) is 20.3 Å². The van der Waals surface area contributed by atoms with Crippen LogP contribution in [0, 0.1) is 13.8 Å². The number of hydrogen-bond acceptors (Lipinski definition) is 5. The van der Waals surface area contributed by atoms with Gasteiger partial charge in [-0.25, -0.2) is 15.0 Å². The van der Waals surface area contributed by atoms with Gasteiger partial charge in [-0.15, -0.1) is 0 Å². The predicted molar refractivity (Wildman–Crippen MR) is 72.6 cm³/mol. The maximum atomic E-state index is 4.39. The van der Waals surface area contributed by atoms with E-state index in [1.807, 2.05) is 39.2 Å². The van der Waals surface area contributed by atoms with E-state index in [-0.39, 0.29) is 0 Å². The molecule has 0 aromatic carbocycles. The Morgan fingerprint density at radius 3 is 2.44 bits per heavy atom. The number of pyridine rings is 1. The van der Waals surface area contributed by atoms with Crippen LogP contribution in [0.3, 0.4) is 0 Å². The first-order chi connectivity index (χ1) is 8.67. The molecule has 0 fully saturated rings. The average molecular weight is 260 g/mol. The Bertz CT molecular complexity index is 505. The Balaban J connectivity index is 2.13. The van der Waals surface area contributed by atoms with Gasteiger partial charge in [0.15, 0.2) is 5.16 Å². The average Bonchev–Trinajstić information content (AvgIpc) is 2.31. The van der Waals surface area contributed by atoms with Crippen LogP contribution in [0.2, 0.25) is 0 Å². The van der Waals surface area contributed by atoms with Crippen LogP contribution in [0.25, 0.3) is 0 Å². The molecule has 0 aliphatic rings. The highest BCUT2D eigenvalue weighted by molar-refractivity contribution is 7.99. The number of rotatable bonds is 4. The van der Waals surface area contributed by atoms with Crippen LogP contribution in [-0.4, -0.2) is 22.0 Å². The van der Waals surface area contributed by atoms with E-state index in [2.05, 4.69) is 26.3 Å². The maximum absolute atomic E-state index is 4.39. The van der Waals surface area contributed by atoms with Crippen LogP contribution >= 0.6 is 11.8 Å². The van der Waals surface area contributed by atoms with Crippen molar-refractivity contribution in [2.24, 2.45) is 0 Å². The number of nitrogens with zero attached hydrogens (tertiary/aromatic N) is 3. The lowest BCUT2D eigenvalue weighted by molar-refractivity contribution is 0.809. The molecular weight excluding hydrogens is 244 g/mol. The van der Waals surface area contributed by atoms with Crippen molar-refractivity contribution in [3.63, 3.8) is 0 Å². The Labute approximate surface area is 111 Å². The molecule has 4 nitrogen and oxygen atoms in total. The third-order valence-corrected chi connectivity index (χ3v) is 3.15. The summed E-state index contributed by atoms with van der Waals surface area (Å²) in [4.78, 5) is 13.2. The second-order valence-corrected chi connectivity index (χ2v) is 5.06. The van der Waals surface area contributed by atoms with Crippen LogP contribution in [0.1, 0.15) is 17.0 Å². The first kappa shape index (κ1) is 13.0. The number of hydrogen-bond donors (Lipinski definition) is 1. The minimum atomic E-state index is 0.751. The Morgan fingerprint density at radius 1 is 1.17 bits per heavy atom. The van der Waals surface area contributed by atoms with Gasteiger partial charge >= 0.3 is 0 Å². The Morgan fingerprint density at radius 2 is 1.89 bits per heavy atom. The number of aryl methyl sites for hydroxylation is 2.